The fourth-order valence-electron chi connectivity index (χ4n) is 0.825. The first-order valence-corrected chi connectivity index (χ1v) is 2.82. The van der Waals surface area contributed by atoms with Crippen LogP contribution in [0.3, 0.4) is 0 Å². The molecule has 0 unspecified atom stereocenters. The van der Waals surface area contributed by atoms with Gasteiger partial charge in [-0.3, -0.25) is 0 Å². The van der Waals surface area contributed by atoms with E-state index < -0.39 is 0 Å². The molecule has 0 bridgehead atoms. The van der Waals surface area contributed by atoms with Crippen molar-refractivity contribution < 1.29 is 0 Å². The van der Waals surface area contributed by atoms with Crippen molar-refractivity contribution in [2.24, 2.45) is 17.4 Å². The van der Waals surface area contributed by atoms with Gasteiger partial charge in [-0.05, 0) is 18.8 Å². The zero-order chi connectivity index (χ0) is 5.28. The number of nitrogens with two attached hydrogens (primary N) is 2. The molecule has 1 rings (SSSR count). The molecular weight excluding hydrogens is 88.1 g/mol. The van der Waals surface area contributed by atoms with Crippen molar-refractivity contribution in [3.05, 3.63) is 0 Å². The van der Waals surface area contributed by atoms with E-state index in [0.29, 0.717) is 5.92 Å². The summed E-state index contributed by atoms with van der Waals surface area (Å²) in [5, 5.41) is 0. The van der Waals surface area contributed by atoms with Gasteiger partial charge in [-0.1, -0.05) is 6.42 Å². The van der Waals surface area contributed by atoms with Crippen molar-refractivity contribution in [1.29, 1.82) is 0 Å². The van der Waals surface area contributed by atoms with Gasteiger partial charge in [0, 0.05) is 0 Å². The molecule has 2 nitrogen and oxygen atoms in total. The molecule has 0 radical (unpaired) electrons. The molecule has 1 aliphatic carbocycles. The van der Waals surface area contributed by atoms with Crippen molar-refractivity contribution in [1.82, 2.24) is 0 Å². The molecule has 0 atom stereocenters. The maximum Gasteiger partial charge on any atom is 0.0549 e. The summed E-state index contributed by atoms with van der Waals surface area (Å²) in [5.41, 5.74) is 10.8. The van der Waals surface area contributed by atoms with Crippen LogP contribution < -0.4 is 11.5 Å². The molecule has 2 heteroatoms. The molecule has 7 heavy (non-hydrogen) atoms. The van der Waals surface area contributed by atoms with E-state index in [4.69, 9.17) is 11.5 Å². The minimum absolute atomic E-state index is 0.0475. The topological polar surface area (TPSA) is 52.0 Å². The molecule has 42 valence electrons. The first-order valence-electron chi connectivity index (χ1n) is 2.82. The molecule has 4 N–H and O–H groups in total. The first-order chi connectivity index (χ1) is 3.30. The predicted octanol–water partition coefficient (Wildman–Crippen LogP) is 0.0300. The summed E-state index contributed by atoms with van der Waals surface area (Å²) in [6, 6.07) is 0. The fraction of sp³-hybridized carbons (Fsp3) is 1.00. The summed E-state index contributed by atoms with van der Waals surface area (Å²) in [4.78, 5) is 0. The summed E-state index contributed by atoms with van der Waals surface area (Å²) in [7, 11) is 0. The average molecular weight is 100 g/mol. The van der Waals surface area contributed by atoms with Gasteiger partial charge in [0.25, 0.3) is 0 Å². The summed E-state index contributed by atoms with van der Waals surface area (Å²) in [6.07, 6.45) is 3.78. The standard InChI is InChI=1S/C5H12N2/c6-5(7)4-2-1-3-4/h4-5H,1-3,6-7H2. The highest BCUT2D eigenvalue weighted by atomic mass is 14.9. The molecule has 0 heterocycles. The van der Waals surface area contributed by atoms with Crippen LogP contribution in [0, 0.1) is 5.92 Å². The highest BCUT2D eigenvalue weighted by molar-refractivity contribution is 4.75. The van der Waals surface area contributed by atoms with Crippen LogP contribution in [0.2, 0.25) is 0 Å². The molecule has 0 aromatic carbocycles. The normalized spacial score (nSPS) is 22.7. The molecular formula is C5H12N2. The Bertz CT molecular complexity index is 57.1. The Labute approximate surface area is 43.9 Å². The third-order valence-corrected chi connectivity index (χ3v) is 1.69. The van der Waals surface area contributed by atoms with Gasteiger partial charge in [0.05, 0.1) is 6.17 Å². The summed E-state index contributed by atoms with van der Waals surface area (Å²) >= 11 is 0. The fourth-order valence-corrected chi connectivity index (χ4v) is 0.825. The number of hydrogen-bond donors (Lipinski definition) is 2. The van der Waals surface area contributed by atoms with Gasteiger partial charge in [-0.2, -0.15) is 0 Å². The highest BCUT2D eigenvalue weighted by Crippen LogP contribution is 2.26. The first kappa shape index (κ1) is 5.06. The van der Waals surface area contributed by atoms with Crippen LogP contribution in [0.1, 0.15) is 19.3 Å². The van der Waals surface area contributed by atoms with Crippen LogP contribution in [0.4, 0.5) is 0 Å². The third-order valence-electron chi connectivity index (χ3n) is 1.69. The maximum atomic E-state index is 5.38. The molecule has 0 amide bonds. The van der Waals surface area contributed by atoms with Gasteiger partial charge in [-0.15, -0.1) is 0 Å². The lowest BCUT2D eigenvalue weighted by Gasteiger charge is -2.28. The smallest absolute Gasteiger partial charge is 0.0549 e. The van der Waals surface area contributed by atoms with Crippen LogP contribution in [0.25, 0.3) is 0 Å². The molecule has 0 aromatic rings. The molecule has 0 aromatic heterocycles. The van der Waals surface area contributed by atoms with E-state index >= 15 is 0 Å². The zero-order valence-corrected chi connectivity index (χ0v) is 4.43. The minimum atomic E-state index is -0.0475. The molecule has 0 saturated heterocycles. The Kier molecular flexibility index (Phi) is 1.30. The quantitative estimate of drug-likeness (QED) is 0.457. The van der Waals surface area contributed by atoms with Gasteiger partial charge in [0.2, 0.25) is 0 Å². The Morgan fingerprint density at radius 1 is 1.29 bits per heavy atom. The molecule has 1 aliphatic rings. The van der Waals surface area contributed by atoms with Crippen molar-refractivity contribution in [2.45, 2.75) is 25.4 Å². The minimum Gasteiger partial charge on any atom is -0.316 e. The van der Waals surface area contributed by atoms with Crippen LogP contribution in [-0.2, 0) is 0 Å². The molecule has 0 spiro atoms. The van der Waals surface area contributed by atoms with E-state index in [0.717, 1.165) is 0 Å². The van der Waals surface area contributed by atoms with Crippen molar-refractivity contribution in [3.63, 3.8) is 0 Å². The SMILES string of the molecule is NC(N)C1CCC1. The summed E-state index contributed by atoms with van der Waals surface area (Å²) < 4.78 is 0. The Morgan fingerprint density at radius 2 is 1.86 bits per heavy atom. The van der Waals surface area contributed by atoms with E-state index in [9.17, 15) is 0 Å². The van der Waals surface area contributed by atoms with Gasteiger partial charge < -0.3 is 11.5 Å². The molecule has 1 fully saturated rings. The third kappa shape index (κ3) is 0.924. The second kappa shape index (κ2) is 1.80. The van der Waals surface area contributed by atoms with E-state index in [-0.39, 0.29) is 6.17 Å². The van der Waals surface area contributed by atoms with Gasteiger partial charge in [0.15, 0.2) is 0 Å². The van der Waals surface area contributed by atoms with Crippen LogP contribution >= 0.6 is 0 Å². The lowest BCUT2D eigenvalue weighted by Crippen LogP contribution is -2.41. The average Bonchev–Trinajstić information content (AvgIpc) is 1.23. The van der Waals surface area contributed by atoms with Crippen molar-refractivity contribution in [2.75, 3.05) is 0 Å². The molecule has 1 saturated carbocycles. The van der Waals surface area contributed by atoms with Crippen molar-refractivity contribution in [3.8, 4) is 0 Å². The van der Waals surface area contributed by atoms with Gasteiger partial charge in [-0.25, -0.2) is 0 Å². The predicted molar refractivity (Wildman–Crippen MR) is 29.5 cm³/mol. The Morgan fingerprint density at radius 3 is 1.86 bits per heavy atom. The Hall–Kier alpha value is -0.0800. The van der Waals surface area contributed by atoms with E-state index in [1.54, 1.807) is 0 Å². The van der Waals surface area contributed by atoms with E-state index in [2.05, 4.69) is 0 Å². The Balaban J connectivity index is 2.14. The lowest BCUT2D eigenvalue weighted by molar-refractivity contribution is 0.265. The van der Waals surface area contributed by atoms with Crippen molar-refractivity contribution >= 4 is 0 Å². The zero-order valence-electron chi connectivity index (χ0n) is 4.43. The lowest BCUT2D eigenvalue weighted by atomic mass is 9.83. The second-order valence-electron chi connectivity index (χ2n) is 2.27. The van der Waals surface area contributed by atoms with Crippen LogP contribution in [-0.4, -0.2) is 6.17 Å². The van der Waals surface area contributed by atoms with Gasteiger partial charge in [0.1, 0.15) is 0 Å². The molecule has 0 aliphatic heterocycles. The van der Waals surface area contributed by atoms with E-state index in [1.807, 2.05) is 0 Å². The number of hydrogen-bond acceptors (Lipinski definition) is 2. The monoisotopic (exact) mass is 100 g/mol. The maximum absolute atomic E-state index is 5.38. The van der Waals surface area contributed by atoms with Gasteiger partial charge >= 0.3 is 0 Å². The highest BCUT2D eigenvalue weighted by Gasteiger charge is 2.20. The number of rotatable bonds is 1. The van der Waals surface area contributed by atoms with Crippen LogP contribution in [0.5, 0.6) is 0 Å². The van der Waals surface area contributed by atoms with Crippen LogP contribution in [0.15, 0.2) is 0 Å². The second-order valence-corrected chi connectivity index (χ2v) is 2.27. The summed E-state index contributed by atoms with van der Waals surface area (Å²) in [6.45, 7) is 0. The largest absolute Gasteiger partial charge is 0.316 e. The summed E-state index contributed by atoms with van der Waals surface area (Å²) in [5.74, 6) is 0.639. The van der Waals surface area contributed by atoms with E-state index in [1.165, 1.54) is 19.3 Å².